The molecule has 0 aromatic heterocycles. The predicted octanol–water partition coefficient (Wildman–Crippen LogP) is 5.77. The van der Waals surface area contributed by atoms with Gasteiger partial charge in [0.2, 0.25) is 0 Å². The Morgan fingerprint density at radius 2 is 1.77 bits per heavy atom. The topological polar surface area (TPSA) is 62.4 Å². The van der Waals surface area contributed by atoms with Crippen molar-refractivity contribution in [3.63, 3.8) is 0 Å². The van der Waals surface area contributed by atoms with E-state index in [-0.39, 0.29) is 18.7 Å². The molecule has 1 aliphatic carbocycles. The van der Waals surface area contributed by atoms with Crippen molar-refractivity contribution in [1.82, 2.24) is 10.6 Å². The number of nitrogens with one attached hydrogen (secondary N) is 3. The monoisotopic (exact) mass is 465 g/mol. The highest BCUT2D eigenvalue weighted by Crippen LogP contribution is 2.26. The first-order valence-corrected chi connectivity index (χ1v) is 11.1. The van der Waals surface area contributed by atoms with Crippen LogP contribution in [-0.2, 0) is 11.3 Å². The minimum Gasteiger partial charge on any atom is -0.445 e. The Kier molecular flexibility index (Phi) is 8.61. The van der Waals surface area contributed by atoms with Crippen LogP contribution in [0.5, 0.6) is 0 Å². The van der Waals surface area contributed by atoms with Crippen LogP contribution in [0.15, 0.2) is 48.5 Å². The second-order valence-corrected chi connectivity index (χ2v) is 8.61. The van der Waals surface area contributed by atoms with Gasteiger partial charge in [-0.3, -0.25) is 0 Å². The summed E-state index contributed by atoms with van der Waals surface area (Å²) in [5.74, 6) is 0.511. The van der Waals surface area contributed by atoms with Gasteiger partial charge in [-0.05, 0) is 67.6 Å². The number of hydrogen-bond acceptors (Lipinski definition) is 3. The fraction of sp³-hybridized carbons (Fsp3) is 0.364. The molecule has 30 heavy (non-hydrogen) atoms. The Hall–Kier alpha value is -2.02. The first kappa shape index (κ1) is 22.7. The lowest BCUT2D eigenvalue weighted by Crippen LogP contribution is -2.40. The highest BCUT2D eigenvalue weighted by atomic mass is 35.5. The maximum atomic E-state index is 12.0. The Morgan fingerprint density at radius 3 is 2.47 bits per heavy atom. The molecule has 0 saturated heterocycles. The number of carbonyl (C=O) groups excluding carboxylic acids is 1. The fourth-order valence-corrected chi connectivity index (χ4v) is 3.93. The van der Waals surface area contributed by atoms with Crippen LogP contribution >= 0.6 is 35.4 Å². The highest BCUT2D eigenvalue weighted by Gasteiger charge is 2.23. The molecule has 1 amide bonds. The third kappa shape index (κ3) is 7.35. The predicted molar refractivity (Wildman–Crippen MR) is 126 cm³/mol. The first-order valence-electron chi connectivity index (χ1n) is 9.96. The molecule has 0 unspecified atom stereocenters. The van der Waals surface area contributed by atoms with Gasteiger partial charge in [-0.25, -0.2) is 4.79 Å². The van der Waals surface area contributed by atoms with E-state index in [1.807, 2.05) is 36.4 Å². The van der Waals surface area contributed by atoms with E-state index in [4.69, 9.17) is 40.2 Å². The van der Waals surface area contributed by atoms with Crippen LogP contribution in [0.3, 0.4) is 0 Å². The summed E-state index contributed by atoms with van der Waals surface area (Å²) in [5.41, 5.74) is 1.77. The molecule has 8 heteroatoms. The molecule has 1 fully saturated rings. The summed E-state index contributed by atoms with van der Waals surface area (Å²) in [7, 11) is 0. The molecule has 3 rings (SSSR count). The number of rotatable bonds is 6. The molecule has 0 spiro atoms. The van der Waals surface area contributed by atoms with Crippen molar-refractivity contribution in [2.24, 2.45) is 5.92 Å². The van der Waals surface area contributed by atoms with Crippen LogP contribution in [0.1, 0.15) is 31.2 Å². The van der Waals surface area contributed by atoms with Crippen molar-refractivity contribution < 1.29 is 9.53 Å². The summed E-state index contributed by atoms with van der Waals surface area (Å²) in [4.78, 5) is 12.0. The lowest BCUT2D eigenvalue weighted by Gasteiger charge is -2.29. The van der Waals surface area contributed by atoms with Gasteiger partial charge in [-0.1, -0.05) is 53.5 Å². The molecule has 0 aliphatic heterocycles. The van der Waals surface area contributed by atoms with Gasteiger partial charge >= 0.3 is 6.09 Å². The Labute approximate surface area is 192 Å². The maximum Gasteiger partial charge on any atom is 0.407 e. The van der Waals surface area contributed by atoms with Crippen LogP contribution in [0.4, 0.5) is 10.5 Å². The summed E-state index contributed by atoms with van der Waals surface area (Å²) in [6, 6.07) is 15.1. The molecule has 1 aliphatic rings. The summed E-state index contributed by atoms with van der Waals surface area (Å²) in [5, 5.41) is 10.9. The minimum absolute atomic E-state index is 0.158. The van der Waals surface area contributed by atoms with Crippen molar-refractivity contribution >= 4 is 52.3 Å². The van der Waals surface area contributed by atoms with Crippen molar-refractivity contribution in [3.8, 4) is 0 Å². The third-order valence-electron chi connectivity index (χ3n) is 5.11. The largest absolute Gasteiger partial charge is 0.445 e. The molecule has 1 saturated carbocycles. The quantitative estimate of drug-likeness (QED) is 0.472. The van der Waals surface area contributed by atoms with Crippen molar-refractivity contribution in [1.29, 1.82) is 0 Å². The van der Waals surface area contributed by atoms with E-state index >= 15 is 0 Å². The van der Waals surface area contributed by atoms with Gasteiger partial charge in [0, 0.05) is 18.3 Å². The zero-order valence-electron chi connectivity index (χ0n) is 16.5. The Morgan fingerprint density at radius 1 is 1.03 bits per heavy atom. The molecule has 0 bridgehead atoms. The van der Waals surface area contributed by atoms with Crippen LogP contribution < -0.4 is 16.0 Å². The smallest absolute Gasteiger partial charge is 0.407 e. The van der Waals surface area contributed by atoms with Crippen LogP contribution in [0, 0.1) is 5.92 Å². The number of benzene rings is 2. The summed E-state index contributed by atoms with van der Waals surface area (Å²) in [6.07, 6.45) is 3.55. The second kappa shape index (κ2) is 11.4. The molecule has 2 aromatic rings. The molecule has 0 heterocycles. The molecule has 0 radical (unpaired) electrons. The molecule has 3 N–H and O–H groups in total. The normalized spacial score (nSPS) is 18.3. The minimum atomic E-state index is -0.354. The van der Waals surface area contributed by atoms with Crippen molar-refractivity contribution in [3.05, 3.63) is 64.1 Å². The van der Waals surface area contributed by atoms with E-state index in [1.165, 1.54) is 0 Å². The number of carbonyl (C=O) groups is 1. The van der Waals surface area contributed by atoms with Gasteiger partial charge in [0.05, 0.1) is 10.0 Å². The number of anilines is 1. The molecule has 0 atom stereocenters. The van der Waals surface area contributed by atoms with E-state index in [0.717, 1.165) is 43.5 Å². The number of amides is 1. The molecule has 5 nitrogen and oxygen atoms in total. The van der Waals surface area contributed by atoms with E-state index in [0.29, 0.717) is 21.1 Å². The summed E-state index contributed by atoms with van der Waals surface area (Å²) >= 11 is 17.3. The highest BCUT2D eigenvalue weighted by molar-refractivity contribution is 7.80. The van der Waals surface area contributed by atoms with Gasteiger partial charge in [0.25, 0.3) is 0 Å². The average molecular weight is 466 g/mol. The lowest BCUT2D eigenvalue weighted by molar-refractivity contribution is 0.131. The standard InChI is InChI=1S/C22H25Cl2N3O2S/c23-19-11-10-18(12-20(19)24)26-21(30)25-13-15-6-8-17(9-7-15)27-22(28)29-14-16-4-2-1-3-5-16/h1-5,10-12,15,17H,6-9,13-14H2,(H,27,28)(H2,25,26,30). The molecular formula is C22H25Cl2N3O2S. The summed E-state index contributed by atoms with van der Waals surface area (Å²) in [6.45, 7) is 1.08. The number of alkyl carbamates (subject to hydrolysis) is 1. The third-order valence-corrected chi connectivity index (χ3v) is 6.10. The number of halogens is 2. The molecule has 160 valence electrons. The zero-order chi connectivity index (χ0) is 21.3. The number of ether oxygens (including phenoxy) is 1. The lowest BCUT2D eigenvalue weighted by atomic mass is 9.86. The Bertz CT molecular complexity index is 859. The van der Waals surface area contributed by atoms with Gasteiger partial charge in [0.1, 0.15) is 6.61 Å². The van der Waals surface area contributed by atoms with Crippen LogP contribution in [-0.4, -0.2) is 23.8 Å². The van der Waals surface area contributed by atoms with Gasteiger partial charge in [-0.15, -0.1) is 0 Å². The second-order valence-electron chi connectivity index (χ2n) is 7.39. The van der Waals surface area contributed by atoms with Gasteiger partial charge in [0.15, 0.2) is 5.11 Å². The fourth-order valence-electron chi connectivity index (χ4n) is 3.43. The van der Waals surface area contributed by atoms with Gasteiger partial charge in [-0.2, -0.15) is 0 Å². The van der Waals surface area contributed by atoms with Gasteiger partial charge < -0.3 is 20.7 Å². The van der Waals surface area contributed by atoms with Crippen LogP contribution in [0.2, 0.25) is 10.0 Å². The van der Waals surface area contributed by atoms with Crippen molar-refractivity contribution in [2.45, 2.75) is 38.3 Å². The SMILES string of the molecule is O=C(NC1CCC(CNC(=S)Nc2ccc(Cl)c(Cl)c2)CC1)OCc1ccccc1. The number of hydrogen-bond donors (Lipinski definition) is 3. The van der Waals surface area contributed by atoms with Crippen LogP contribution in [0.25, 0.3) is 0 Å². The molecular weight excluding hydrogens is 441 g/mol. The van der Waals surface area contributed by atoms with E-state index in [9.17, 15) is 4.79 Å². The van der Waals surface area contributed by atoms with E-state index in [1.54, 1.807) is 12.1 Å². The maximum absolute atomic E-state index is 12.0. The van der Waals surface area contributed by atoms with E-state index in [2.05, 4.69) is 16.0 Å². The summed E-state index contributed by atoms with van der Waals surface area (Å²) < 4.78 is 5.30. The van der Waals surface area contributed by atoms with E-state index < -0.39 is 0 Å². The number of thiocarbonyl (C=S) groups is 1. The average Bonchev–Trinajstić information content (AvgIpc) is 2.75. The first-order chi connectivity index (χ1) is 14.5. The van der Waals surface area contributed by atoms with Crippen molar-refractivity contribution in [2.75, 3.05) is 11.9 Å². The zero-order valence-corrected chi connectivity index (χ0v) is 18.8. The Balaban J connectivity index is 1.31. The molecule has 2 aromatic carbocycles.